The smallest absolute Gasteiger partial charge is 0.412 e. The van der Waals surface area contributed by atoms with Crippen molar-refractivity contribution in [2.75, 3.05) is 0 Å². The highest BCUT2D eigenvalue weighted by molar-refractivity contribution is 5.76. The zero-order valence-corrected chi connectivity index (χ0v) is 19.2. The average molecular weight is 416 g/mol. The molecule has 1 fully saturated rings. The van der Waals surface area contributed by atoms with Gasteiger partial charge in [0.15, 0.2) is 0 Å². The molecule has 0 saturated carbocycles. The summed E-state index contributed by atoms with van der Waals surface area (Å²) >= 11 is 0. The molecule has 1 saturated heterocycles. The van der Waals surface area contributed by atoms with Gasteiger partial charge >= 0.3 is 18.0 Å². The number of carbonyl (C=O) groups excluding carboxylic acids is 1. The van der Waals surface area contributed by atoms with Gasteiger partial charge in [0.25, 0.3) is 0 Å². The van der Waals surface area contributed by atoms with E-state index in [9.17, 15) is 24.6 Å². The summed E-state index contributed by atoms with van der Waals surface area (Å²) in [5.74, 6) is -1.97. The maximum absolute atomic E-state index is 13.1. The van der Waals surface area contributed by atoms with Crippen molar-refractivity contribution in [2.24, 2.45) is 10.8 Å². The SMILES string of the molecule is CC[C@@](C)(C(=O)O)[C@@H]1OC(C)(C)N(C(=O)OC(C)(C)C)[C@H]1CC(C)(C)CC(=O)O. The fourth-order valence-electron chi connectivity index (χ4n) is 3.92. The van der Waals surface area contributed by atoms with E-state index in [0.29, 0.717) is 6.42 Å². The summed E-state index contributed by atoms with van der Waals surface area (Å²) in [6, 6.07) is -0.657. The van der Waals surface area contributed by atoms with Gasteiger partial charge in [-0.15, -0.1) is 0 Å². The number of carboxylic acids is 2. The minimum absolute atomic E-state index is 0.116. The van der Waals surface area contributed by atoms with E-state index in [1.54, 1.807) is 62.3 Å². The Labute approximate surface area is 173 Å². The fraction of sp³-hybridized carbons (Fsp3) is 0.857. The van der Waals surface area contributed by atoms with Crippen LogP contribution in [0.1, 0.15) is 81.6 Å². The quantitative estimate of drug-likeness (QED) is 0.643. The van der Waals surface area contributed by atoms with Gasteiger partial charge in [-0.1, -0.05) is 20.8 Å². The molecule has 0 aliphatic carbocycles. The van der Waals surface area contributed by atoms with Crippen molar-refractivity contribution in [3.05, 3.63) is 0 Å². The Balaban J connectivity index is 3.48. The molecule has 0 radical (unpaired) electrons. The zero-order chi connectivity index (χ0) is 23.0. The summed E-state index contributed by atoms with van der Waals surface area (Å²) in [6.45, 7) is 15.6. The highest BCUT2D eigenvalue weighted by Gasteiger charge is 2.59. The predicted molar refractivity (Wildman–Crippen MR) is 107 cm³/mol. The highest BCUT2D eigenvalue weighted by Crippen LogP contribution is 2.47. The van der Waals surface area contributed by atoms with Gasteiger partial charge in [0, 0.05) is 0 Å². The van der Waals surface area contributed by atoms with Crippen LogP contribution in [0.15, 0.2) is 0 Å². The number of nitrogens with zero attached hydrogens (tertiary/aromatic N) is 1. The Hall–Kier alpha value is -1.83. The molecular formula is C21H37NO7. The number of carbonyl (C=O) groups is 3. The Bertz CT molecular complexity index is 650. The number of aliphatic carboxylic acids is 2. The van der Waals surface area contributed by atoms with Gasteiger partial charge in [0.1, 0.15) is 11.3 Å². The Morgan fingerprint density at radius 1 is 1.07 bits per heavy atom. The first-order valence-electron chi connectivity index (χ1n) is 10.0. The van der Waals surface area contributed by atoms with Gasteiger partial charge in [-0.3, -0.25) is 14.5 Å². The molecule has 0 bridgehead atoms. The van der Waals surface area contributed by atoms with Crippen LogP contribution in [0.3, 0.4) is 0 Å². The molecule has 29 heavy (non-hydrogen) atoms. The Morgan fingerprint density at radius 2 is 1.59 bits per heavy atom. The van der Waals surface area contributed by atoms with Crippen molar-refractivity contribution >= 4 is 18.0 Å². The lowest BCUT2D eigenvalue weighted by atomic mass is 9.73. The number of carboxylic acid groups (broad SMARTS) is 2. The summed E-state index contributed by atoms with van der Waals surface area (Å²) in [5, 5.41) is 19.2. The Morgan fingerprint density at radius 3 is 1.97 bits per heavy atom. The van der Waals surface area contributed by atoms with Crippen molar-refractivity contribution in [3.8, 4) is 0 Å². The molecule has 1 amide bonds. The maximum atomic E-state index is 13.1. The molecule has 2 N–H and O–H groups in total. The summed E-state index contributed by atoms with van der Waals surface area (Å²) < 4.78 is 11.8. The number of ether oxygens (including phenoxy) is 2. The second-order valence-electron chi connectivity index (χ2n) is 10.4. The summed E-state index contributed by atoms with van der Waals surface area (Å²) in [4.78, 5) is 38.0. The van der Waals surface area contributed by atoms with E-state index in [1.807, 2.05) is 0 Å². The van der Waals surface area contributed by atoms with E-state index in [1.165, 1.54) is 4.90 Å². The lowest BCUT2D eigenvalue weighted by Crippen LogP contribution is -2.53. The average Bonchev–Trinajstić information content (AvgIpc) is 2.73. The molecule has 1 aliphatic heterocycles. The van der Waals surface area contributed by atoms with Gasteiger partial charge < -0.3 is 19.7 Å². The molecule has 0 aromatic rings. The predicted octanol–water partition coefficient (Wildman–Crippen LogP) is 4.12. The largest absolute Gasteiger partial charge is 0.481 e. The first-order chi connectivity index (χ1) is 12.9. The van der Waals surface area contributed by atoms with Gasteiger partial charge in [-0.2, -0.15) is 0 Å². The summed E-state index contributed by atoms with van der Waals surface area (Å²) in [5.41, 5.74) is -3.79. The van der Waals surface area contributed by atoms with E-state index >= 15 is 0 Å². The van der Waals surface area contributed by atoms with Crippen LogP contribution < -0.4 is 0 Å². The monoisotopic (exact) mass is 415 g/mol. The number of amides is 1. The van der Waals surface area contributed by atoms with Crippen LogP contribution in [0.25, 0.3) is 0 Å². The summed E-state index contributed by atoms with van der Waals surface area (Å²) in [7, 11) is 0. The Kier molecular flexibility index (Phi) is 7.06. The van der Waals surface area contributed by atoms with Crippen LogP contribution in [0, 0.1) is 10.8 Å². The minimum atomic E-state index is -1.25. The molecule has 1 aliphatic rings. The lowest BCUT2D eigenvalue weighted by molar-refractivity contribution is -0.163. The third kappa shape index (κ3) is 5.84. The van der Waals surface area contributed by atoms with Crippen molar-refractivity contribution in [1.82, 2.24) is 4.90 Å². The third-order valence-electron chi connectivity index (χ3n) is 5.51. The molecule has 1 rings (SSSR count). The topological polar surface area (TPSA) is 113 Å². The van der Waals surface area contributed by atoms with Crippen LogP contribution >= 0.6 is 0 Å². The van der Waals surface area contributed by atoms with Crippen LogP contribution in [0.4, 0.5) is 4.79 Å². The van der Waals surface area contributed by atoms with E-state index in [0.717, 1.165) is 0 Å². The molecule has 3 atom stereocenters. The molecule has 0 aromatic heterocycles. The van der Waals surface area contributed by atoms with Crippen molar-refractivity contribution < 1.29 is 34.1 Å². The number of hydrogen-bond acceptors (Lipinski definition) is 5. The number of hydrogen-bond donors (Lipinski definition) is 2. The van der Waals surface area contributed by atoms with E-state index in [2.05, 4.69) is 0 Å². The fourth-order valence-corrected chi connectivity index (χ4v) is 3.92. The molecule has 1 heterocycles. The molecule has 8 nitrogen and oxygen atoms in total. The minimum Gasteiger partial charge on any atom is -0.481 e. The lowest BCUT2D eigenvalue weighted by Gasteiger charge is -2.39. The van der Waals surface area contributed by atoms with Gasteiger partial charge in [-0.25, -0.2) is 4.79 Å². The van der Waals surface area contributed by atoms with Crippen molar-refractivity contribution in [2.45, 2.75) is 105 Å². The van der Waals surface area contributed by atoms with Gasteiger partial charge in [-0.05, 0) is 59.8 Å². The molecule has 0 aromatic carbocycles. The van der Waals surface area contributed by atoms with Gasteiger partial charge in [0.05, 0.1) is 24.0 Å². The molecule has 0 spiro atoms. The van der Waals surface area contributed by atoms with E-state index in [-0.39, 0.29) is 12.8 Å². The van der Waals surface area contributed by atoms with Crippen molar-refractivity contribution in [3.63, 3.8) is 0 Å². The molecule has 0 unspecified atom stereocenters. The highest BCUT2D eigenvalue weighted by atomic mass is 16.6. The third-order valence-corrected chi connectivity index (χ3v) is 5.51. The maximum Gasteiger partial charge on any atom is 0.412 e. The normalized spacial score (nSPS) is 24.1. The second-order valence-corrected chi connectivity index (χ2v) is 10.4. The van der Waals surface area contributed by atoms with E-state index in [4.69, 9.17) is 9.47 Å². The first kappa shape index (κ1) is 25.2. The molecular weight excluding hydrogens is 378 g/mol. The van der Waals surface area contributed by atoms with Crippen molar-refractivity contribution in [1.29, 1.82) is 0 Å². The molecule has 8 heteroatoms. The van der Waals surface area contributed by atoms with Crippen LogP contribution in [0.5, 0.6) is 0 Å². The van der Waals surface area contributed by atoms with E-state index < -0.39 is 52.3 Å². The first-order valence-corrected chi connectivity index (χ1v) is 10.0. The van der Waals surface area contributed by atoms with Crippen LogP contribution in [-0.4, -0.2) is 56.6 Å². The second kappa shape index (κ2) is 8.13. The van der Waals surface area contributed by atoms with Crippen LogP contribution in [0.2, 0.25) is 0 Å². The number of rotatable bonds is 7. The zero-order valence-electron chi connectivity index (χ0n) is 19.2. The molecule has 168 valence electrons. The standard InChI is InChI=1S/C21H37NO7/c1-10-21(9,16(25)26)15-13(11-19(5,6)12-14(23)24)22(20(7,8)28-15)17(27)29-18(2,3)4/h13,15H,10-12H2,1-9H3,(H,23,24)(H,25,26)/t13-,15+,21+/m0/s1. The van der Waals surface area contributed by atoms with Gasteiger partial charge in [0.2, 0.25) is 0 Å². The van der Waals surface area contributed by atoms with Crippen LogP contribution in [-0.2, 0) is 19.1 Å². The summed E-state index contributed by atoms with van der Waals surface area (Å²) in [6.07, 6.45) is -0.990.